The van der Waals surface area contributed by atoms with Crippen LogP contribution in [0.2, 0.25) is 30.1 Å². The smallest absolute Gasteiger partial charge is 0.268 e. The molecule has 12 N–H and O–H groups in total. The van der Waals surface area contributed by atoms with Crippen molar-refractivity contribution in [2.45, 2.75) is 120 Å². The molecular formula is C105H107Cl6N19O11S. The zero-order valence-electron chi connectivity index (χ0n) is 79.1. The molecule has 3 unspecified atom stereocenters. The minimum atomic E-state index is -3.03. The lowest BCUT2D eigenvalue weighted by Crippen LogP contribution is -2.56. The highest BCUT2D eigenvalue weighted by Crippen LogP contribution is 2.49. The zero-order valence-corrected chi connectivity index (χ0v) is 84.4. The highest BCUT2D eigenvalue weighted by atomic mass is 35.5. The Morgan fingerprint density at radius 3 is 1.32 bits per heavy atom. The van der Waals surface area contributed by atoms with E-state index in [4.69, 9.17) is 84.3 Å². The third kappa shape index (κ3) is 25.4. The standard InChI is InChI=1S/C21H19ClN4O2.C18H14Cl2N2O.C17H19ClN2O2.C17H15N5O.C16H22ClN3O3S.C16H18ClN3O2/c1-13(15-11-23-26(12-15)17-4-6-18(28-2)7-5-17)24-21(27)20-10-14-9-16(22)3-8-19(14)25-20;19-13-3-1-12(2-4-13)18(7-8-18)22-17(23)16-10-11-9-14(20)5-6-15(11)21-16;18-13-1-2-14-11(9-13)10-15(19-14)16(21)20-17(5-6-17)12-3-7-22-8-4-12;1-22-10-13(9-19-22)17(4-5-17)21-16(23)15-7-12-6-11(8-18)2-3-14(12)20-15;1-11(6-7-20(2)10-24(3,22)23)18-16(21)15-9-12-8-13(17)4-5-14(12)19-15;1-9(12-7-20(8-12)10(2)21)18-16(22)15-6-11-5-13(17)3-4-14(11)19-15/h3-13,25H,1-2H3,(H,24,27);1-6,9-10,21H,7-8H2,(H,22,23);1-2,9-10,12,19H,3-8H2,(H,20,21);2-3,6-7,9-10,20H,4-5H2,1H3,(H,21,23);4-5,8-9,11,19H,6-7,10H2,1-3H3,(H,18,21);3-6,9,12,19H,7-8H2,1-2H3,(H,18,22). The summed E-state index contributed by atoms with van der Waals surface area (Å²) >= 11 is 35.8. The quantitative estimate of drug-likeness (QED) is 0.0267. The molecule has 16 aromatic rings. The van der Waals surface area contributed by atoms with Gasteiger partial charge in [-0.3, -0.25) is 43.1 Å². The van der Waals surface area contributed by atoms with Crippen molar-refractivity contribution in [3.05, 3.63) is 305 Å². The van der Waals surface area contributed by atoms with Crippen molar-refractivity contribution < 1.29 is 51.5 Å². The number of nitriles is 1. The molecule has 7 amide bonds. The number of benzene rings is 8. The Labute approximate surface area is 849 Å². The molecule has 736 valence electrons. The fourth-order valence-corrected chi connectivity index (χ4v) is 19.5. The molecule has 5 aliphatic rings. The topological polar surface area (TPSA) is 405 Å². The molecule has 3 aliphatic carbocycles. The maximum Gasteiger partial charge on any atom is 0.268 e. The minimum absolute atomic E-state index is 0.00416. The second kappa shape index (κ2) is 43.6. The number of hydrogen-bond donors (Lipinski definition) is 12. The van der Waals surface area contributed by atoms with E-state index in [1.165, 1.54) is 6.26 Å². The summed E-state index contributed by atoms with van der Waals surface area (Å²) in [5.41, 5.74) is 12.4. The van der Waals surface area contributed by atoms with Crippen molar-refractivity contribution in [3.8, 4) is 17.5 Å². The van der Waals surface area contributed by atoms with Crippen LogP contribution in [0.15, 0.2) is 219 Å². The van der Waals surface area contributed by atoms with Crippen LogP contribution in [0.4, 0.5) is 0 Å². The summed E-state index contributed by atoms with van der Waals surface area (Å²) in [6.45, 7) is 11.0. The molecule has 8 aromatic carbocycles. The molecule has 8 aromatic heterocycles. The molecule has 3 saturated carbocycles. The van der Waals surface area contributed by atoms with Crippen LogP contribution in [-0.2, 0) is 37.5 Å². The van der Waals surface area contributed by atoms with Gasteiger partial charge in [-0.05, 0) is 279 Å². The molecule has 3 atom stereocenters. The molecule has 30 nitrogen and oxygen atoms in total. The van der Waals surface area contributed by atoms with E-state index in [9.17, 15) is 42.0 Å². The molecule has 0 spiro atoms. The predicted octanol–water partition coefficient (Wildman–Crippen LogP) is 19.8. The van der Waals surface area contributed by atoms with Gasteiger partial charge < -0.3 is 76.2 Å². The van der Waals surface area contributed by atoms with Crippen molar-refractivity contribution in [2.75, 3.05) is 59.1 Å². The third-order valence-corrected chi connectivity index (χ3v) is 28.5. The van der Waals surface area contributed by atoms with Gasteiger partial charge in [-0.15, -0.1) is 0 Å². The molecule has 2 aliphatic heterocycles. The van der Waals surface area contributed by atoms with E-state index in [0.717, 1.165) is 158 Å². The number of hydrogen-bond acceptors (Lipinski definition) is 15. The molecular weight excluding hydrogens is 1950 g/mol. The van der Waals surface area contributed by atoms with E-state index in [1.807, 2.05) is 168 Å². The Balaban J connectivity index is 0.000000123. The lowest BCUT2D eigenvalue weighted by molar-refractivity contribution is -0.135. The number of carbonyl (C=O) groups excluding carboxylic acids is 7. The monoisotopic (exact) mass is 2050 g/mol. The number of nitrogens with one attached hydrogen (secondary N) is 12. The van der Waals surface area contributed by atoms with Crippen molar-refractivity contribution >= 4 is 186 Å². The van der Waals surface area contributed by atoms with Gasteiger partial charge >= 0.3 is 0 Å². The van der Waals surface area contributed by atoms with E-state index >= 15 is 0 Å². The number of likely N-dealkylation sites (tertiary alicyclic amines) is 1. The Morgan fingerprint density at radius 2 is 0.915 bits per heavy atom. The molecule has 0 bridgehead atoms. The van der Waals surface area contributed by atoms with E-state index in [1.54, 1.807) is 119 Å². The van der Waals surface area contributed by atoms with Crippen LogP contribution in [0, 0.1) is 23.2 Å². The first-order valence-corrected chi connectivity index (χ1v) is 50.7. The summed E-state index contributed by atoms with van der Waals surface area (Å²) in [7, 11) is 2.21. The maximum atomic E-state index is 12.6. The normalized spacial score (nSPS) is 15.4. The highest BCUT2D eigenvalue weighted by Gasteiger charge is 2.51. The van der Waals surface area contributed by atoms with Crippen molar-refractivity contribution in [1.82, 2.24) is 91.2 Å². The molecule has 2 saturated heterocycles. The molecule has 0 radical (unpaired) electrons. The fourth-order valence-electron chi connectivity index (χ4n) is 17.5. The number of amides is 7. The Bertz CT molecular complexity index is 7540. The molecule has 142 heavy (non-hydrogen) atoms. The van der Waals surface area contributed by atoms with E-state index in [0.29, 0.717) is 108 Å². The van der Waals surface area contributed by atoms with Gasteiger partial charge in [0.2, 0.25) is 5.91 Å². The summed E-state index contributed by atoms with van der Waals surface area (Å²) in [6.07, 6.45) is 17.2. The van der Waals surface area contributed by atoms with Gasteiger partial charge in [0.1, 0.15) is 45.8 Å². The van der Waals surface area contributed by atoms with Gasteiger partial charge in [0.15, 0.2) is 9.84 Å². The Kier molecular flexibility index (Phi) is 31.2. The number of aromatic amines is 6. The molecule has 21 rings (SSSR count). The number of fused-ring (bicyclic) bond motifs is 6. The summed E-state index contributed by atoms with van der Waals surface area (Å²) in [4.78, 5) is 108. The Hall–Kier alpha value is -13.4. The van der Waals surface area contributed by atoms with Gasteiger partial charge in [0.05, 0.1) is 53.9 Å². The van der Waals surface area contributed by atoms with Gasteiger partial charge in [-0.1, -0.05) is 81.7 Å². The summed E-state index contributed by atoms with van der Waals surface area (Å²) in [6, 6.07) is 60.7. The number of nitrogens with zero attached hydrogens (tertiary/aromatic N) is 7. The van der Waals surface area contributed by atoms with Crippen LogP contribution in [0.3, 0.4) is 0 Å². The second-order valence-electron chi connectivity index (χ2n) is 37.0. The summed E-state index contributed by atoms with van der Waals surface area (Å²) in [5.74, 6) is 0.964. The van der Waals surface area contributed by atoms with Gasteiger partial charge in [-0.25, -0.2) is 13.1 Å². The zero-order chi connectivity index (χ0) is 101. The molecule has 10 heterocycles. The number of halogens is 6. The average Bonchev–Trinajstić information content (AvgIpc) is 1.71. The summed E-state index contributed by atoms with van der Waals surface area (Å²) < 4.78 is 36.6. The first kappa shape index (κ1) is 102. The van der Waals surface area contributed by atoms with Gasteiger partial charge in [-0.2, -0.15) is 15.5 Å². The number of sulfone groups is 1. The number of methoxy groups -OCH3 is 1. The average molecular weight is 2060 g/mol. The summed E-state index contributed by atoms with van der Waals surface area (Å²) in [5, 5.41) is 45.3. The number of aromatic nitrogens is 10. The predicted molar refractivity (Wildman–Crippen MR) is 557 cm³/mol. The van der Waals surface area contributed by atoms with Crippen molar-refractivity contribution in [1.29, 1.82) is 5.26 Å². The number of H-pyrrole nitrogens is 6. The van der Waals surface area contributed by atoms with Gasteiger partial charge in [0.25, 0.3) is 35.4 Å². The van der Waals surface area contributed by atoms with Crippen molar-refractivity contribution in [2.24, 2.45) is 18.9 Å². The van der Waals surface area contributed by atoms with Crippen LogP contribution >= 0.6 is 69.6 Å². The molecule has 5 fully saturated rings. The third-order valence-electron chi connectivity index (χ3n) is 26.1. The maximum absolute atomic E-state index is 12.6. The van der Waals surface area contributed by atoms with E-state index in [-0.39, 0.29) is 82.0 Å². The number of aryl methyl sites for hydroxylation is 1. The van der Waals surface area contributed by atoms with Crippen molar-refractivity contribution in [3.63, 3.8) is 0 Å². The fraction of sp³-hybridized carbons (Fsp3) is 0.295. The number of ether oxygens (including phenoxy) is 2. The lowest BCUT2D eigenvalue weighted by Gasteiger charge is -2.42. The van der Waals surface area contributed by atoms with Crippen LogP contribution < -0.4 is 36.6 Å². The first-order valence-electron chi connectivity index (χ1n) is 46.4. The largest absolute Gasteiger partial charge is 0.497 e. The van der Waals surface area contributed by atoms with E-state index in [2.05, 4.69) is 78.1 Å². The van der Waals surface area contributed by atoms with Crippen LogP contribution in [0.1, 0.15) is 177 Å². The highest BCUT2D eigenvalue weighted by molar-refractivity contribution is 7.90. The lowest BCUT2D eigenvalue weighted by atomic mass is 9.89. The number of carbonyl (C=O) groups is 7. The SMILES string of the molecule is CC(=O)N1CC(C(C)NC(=O)c2cc3cc(Cl)ccc3[nH]2)C1.CC(CCN(C)CS(C)(=O)=O)NC(=O)c1cc2cc(Cl)ccc2[nH]1.COc1ccc(-n2cc(C(C)NC(=O)c3cc4cc(Cl)ccc4[nH]3)cn2)cc1.Cn1cc(C2(NC(=O)c3cc4cc(C#N)ccc4[nH]3)CC2)cn1.O=C(NC1(C2CCOCC2)CC1)c1cc2cc(Cl)ccc2[nH]1.O=C(NC1(c2ccc(Cl)cc2)CC1)c1cc2cc(Cl)ccc2[nH]1. The van der Waals surface area contributed by atoms with Crippen LogP contribution in [0.5, 0.6) is 5.75 Å². The van der Waals surface area contributed by atoms with Crippen LogP contribution in [0.25, 0.3) is 71.1 Å². The molecule has 37 heteroatoms. The van der Waals surface area contributed by atoms with E-state index < -0.39 is 9.84 Å². The second-order valence-corrected chi connectivity index (χ2v) is 41.7. The Morgan fingerprint density at radius 1 is 0.507 bits per heavy atom. The number of rotatable bonds is 24. The first-order chi connectivity index (χ1) is 67.9. The van der Waals surface area contributed by atoms with Gasteiger partial charge in [0, 0.05) is 196 Å². The van der Waals surface area contributed by atoms with Crippen LogP contribution in [-0.4, -0.2) is 186 Å². The minimum Gasteiger partial charge on any atom is -0.497 e.